The van der Waals surface area contributed by atoms with Gasteiger partial charge in [0.2, 0.25) is 0 Å². The van der Waals surface area contributed by atoms with Gasteiger partial charge in [-0.2, -0.15) is 0 Å². The summed E-state index contributed by atoms with van der Waals surface area (Å²) in [5.41, 5.74) is 2.14. The molecule has 4 heteroatoms. The highest BCUT2D eigenvalue weighted by Crippen LogP contribution is 2.22. The molecule has 2 heterocycles. The normalized spacial score (nSPS) is 17.5. The lowest BCUT2D eigenvalue weighted by atomic mass is 10.2. The molecule has 0 amide bonds. The van der Waals surface area contributed by atoms with Crippen LogP contribution in [0.3, 0.4) is 0 Å². The van der Waals surface area contributed by atoms with Gasteiger partial charge >= 0.3 is 0 Å². The van der Waals surface area contributed by atoms with Gasteiger partial charge in [-0.25, -0.2) is 0 Å². The minimum absolute atomic E-state index is 0.223. The Bertz CT molecular complexity index is 298. The summed E-state index contributed by atoms with van der Waals surface area (Å²) in [5.74, 6) is 0. The van der Waals surface area contributed by atoms with Crippen molar-refractivity contribution in [3.05, 3.63) is 29.6 Å². The highest BCUT2D eigenvalue weighted by molar-refractivity contribution is 5.19. The summed E-state index contributed by atoms with van der Waals surface area (Å²) >= 11 is 0. The molecule has 14 heavy (non-hydrogen) atoms. The van der Waals surface area contributed by atoms with Crippen molar-refractivity contribution < 1.29 is 9.47 Å². The molecule has 0 saturated carbocycles. The topological polar surface area (TPSA) is 43.4 Å². The molecule has 4 nitrogen and oxygen atoms in total. The minimum atomic E-state index is -0.223. The highest BCUT2D eigenvalue weighted by Gasteiger charge is 2.18. The van der Waals surface area contributed by atoms with Crippen molar-refractivity contribution in [3.63, 3.8) is 0 Å². The van der Waals surface area contributed by atoms with Crippen molar-refractivity contribution >= 4 is 0 Å². The predicted octanol–water partition coefficient (Wildman–Crippen LogP) is 0.846. The van der Waals surface area contributed by atoms with Gasteiger partial charge < -0.3 is 14.8 Å². The van der Waals surface area contributed by atoms with E-state index in [1.807, 2.05) is 13.2 Å². The Balaban J connectivity index is 2.12. The number of nitrogens with one attached hydrogen (secondary N) is 1. The van der Waals surface area contributed by atoms with Crippen molar-refractivity contribution in [1.82, 2.24) is 10.3 Å². The molecule has 76 valence electrons. The fourth-order valence-electron chi connectivity index (χ4n) is 1.49. The number of ether oxygens (including phenoxy) is 2. The summed E-state index contributed by atoms with van der Waals surface area (Å²) in [6.45, 7) is 2.15. The lowest BCUT2D eigenvalue weighted by Crippen LogP contribution is -2.07. The summed E-state index contributed by atoms with van der Waals surface area (Å²) in [4.78, 5) is 4.15. The molecule has 0 aliphatic carbocycles. The predicted molar refractivity (Wildman–Crippen MR) is 51.6 cm³/mol. The molecule has 1 aromatic heterocycles. The van der Waals surface area contributed by atoms with E-state index in [1.54, 1.807) is 6.20 Å². The van der Waals surface area contributed by atoms with Gasteiger partial charge in [0, 0.05) is 24.5 Å². The molecule has 1 saturated heterocycles. The molecule has 1 aliphatic heterocycles. The fraction of sp³-hybridized carbons (Fsp3) is 0.500. The standard InChI is InChI=1S/C10H14N2O2/c1-11-5-8-4-9(7-12-6-8)10-13-2-3-14-10/h4,6-7,10-11H,2-3,5H2,1H3. The van der Waals surface area contributed by atoms with E-state index < -0.39 is 0 Å². The Morgan fingerprint density at radius 2 is 2.21 bits per heavy atom. The maximum atomic E-state index is 5.39. The molecule has 1 fully saturated rings. The van der Waals surface area contributed by atoms with Gasteiger partial charge in [0.05, 0.1) is 13.2 Å². The third kappa shape index (κ3) is 2.09. The van der Waals surface area contributed by atoms with Gasteiger partial charge in [-0.15, -0.1) is 0 Å². The Hall–Kier alpha value is -0.970. The van der Waals surface area contributed by atoms with Crippen molar-refractivity contribution in [3.8, 4) is 0 Å². The lowest BCUT2D eigenvalue weighted by Gasteiger charge is -2.09. The number of hydrogen-bond donors (Lipinski definition) is 1. The Morgan fingerprint density at radius 3 is 2.93 bits per heavy atom. The molecule has 1 aromatic rings. The zero-order valence-electron chi connectivity index (χ0n) is 8.19. The van der Waals surface area contributed by atoms with Gasteiger partial charge in [0.1, 0.15) is 0 Å². The van der Waals surface area contributed by atoms with Crippen LogP contribution in [-0.2, 0) is 16.0 Å². The number of aromatic nitrogens is 1. The maximum absolute atomic E-state index is 5.39. The first-order chi connectivity index (χ1) is 6.90. The molecular weight excluding hydrogens is 180 g/mol. The van der Waals surface area contributed by atoms with Crippen LogP contribution in [0.5, 0.6) is 0 Å². The van der Waals surface area contributed by atoms with Crippen LogP contribution in [0.2, 0.25) is 0 Å². The first-order valence-corrected chi connectivity index (χ1v) is 4.72. The molecule has 2 rings (SSSR count). The molecule has 1 aliphatic rings. The Morgan fingerprint density at radius 1 is 1.43 bits per heavy atom. The van der Waals surface area contributed by atoms with Gasteiger partial charge in [-0.1, -0.05) is 0 Å². The van der Waals surface area contributed by atoms with E-state index in [1.165, 1.54) is 0 Å². The Kier molecular flexibility index (Phi) is 3.08. The summed E-state index contributed by atoms with van der Waals surface area (Å²) in [6.07, 6.45) is 3.41. The van der Waals surface area contributed by atoms with Crippen LogP contribution in [0.4, 0.5) is 0 Å². The number of hydrogen-bond acceptors (Lipinski definition) is 4. The molecule has 0 aromatic carbocycles. The molecule has 0 spiro atoms. The number of pyridine rings is 1. The smallest absolute Gasteiger partial charge is 0.185 e. The monoisotopic (exact) mass is 194 g/mol. The van der Waals surface area contributed by atoms with Crippen LogP contribution in [0.15, 0.2) is 18.5 Å². The van der Waals surface area contributed by atoms with Crippen molar-refractivity contribution in [2.75, 3.05) is 20.3 Å². The molecule has 0 bridgehead atoms. The van der Waals surface area contributed by atoms with Crippen LogP contribution < -0.4 is 5.32 Å². The highest BCUT2D eigenvalue weighted by atomic mass is 16.7. The SMILES string of the molecule is CNCc1cncc(C2OCCO2)c1. The van der Waals surface area contributed by atoms with Crippen LogP contribution in [0.1, 0.15) is 17.4 Å². The second-order valence-electron chi connectivity index (χ2n) is 3.23. The average molecular weight is 194 g/mol. The van der Waals surface area contributed by atoms with Crippen LogP contribution in [0, 0.1) is 0 Å². The van der Waals surface area contributed by atoms with E-state index in [0.29, 0.717) is 13.2 Å². The van der Waals surface area contributed by atoms with Crippen molar-refractivity contribution in [1.29, 1.82) is 0 Å². The van der Waals surface area contributed by atoms with Crippen LogP contribution in [0.25, 0.3) is 0 Å². The first-order valence-electron chi connectivity index (χ1n) is 4.72. The van der Waals surface area contributed by atoms with E-state index in [-0.39, 0.29) is 6.29 Å². The quantitative estimate of drug-likeness (QED) is 0.774. The lowest BCUT2D eigenvalue weighted by molar-refractivity contribution is -0.0443. The number of nitrogens with zero attached hydrogens (tertiary/aromatic N) is 1. The largest absolute Gasteiger partial charge is 0.346 e. The van der Waals surface area contributed by atoms with Gasteiger partial charge in [-0.05, 0) is 18.7 Å². The zero-order chi connectivity index (χ0) is 9.80. The van der Waals surface area contributed by atoms with Gasteiger partial charge in [0.15, 0.2) is 6.29 Å². The third-order valence-electron chi connectivity index (χ3n) is 2.09. The van der Waals surface area contributed by atoms with E-state index in [4.69, 9.17) is 9.47 Å². The number of rotatable bonds is 3. The second-order valence-corrected chi connectivity index (χ2v) is 3.23. The molecule has 0 radical (unpaired) electrons. The van der Waals surface area contributed by atoms with Gasteiger partial charge in [-0.3, -0.25) is 4.98 Å². The summed E-state index contributed by atoms with van der Waals surface area (Å²) in [5, 5.41) is 3.08. The average Bonchev–Trinajstić information content (AvgIpc) is 2.71. The summed E-state index contributed by atoms with van der Waals surface area (Å²) < 4.78 is 10.8. The molecular formula is C10H14N2O2. The van der Waals surface area contributed by atoms with Gasteiger partial charge in [0.25, 0.3) is 0 Å². The summed E-state index contributed by atoms with van der Waals surface area (Å²) in [6, 6.07) is 2.06. The second kappa shape index (κ2) is 4.50. The zero-order valence-corrected chi connectivity index (χ0v) is 8.19. The first kappa shape index (κ1) is 9.58. The third-order valence-corrected chi connectivity index (χ3v) is 2.09. The van der Waals surface area contributed by atoms with E-state index in [9.17, 15) is 0 Å². The molecule has 0 unspecified atom stereocenters. The summed E-state index contributed by atoms with van der Waals surface area (Å²) in [7, 11) is 1.91. The molecule has 1 N–H and O–H groups in total. The fourth-order valence-corrected chi connectivity index (χ4v) is 1.49. The van der Waals surface area contributed by atoms with Crippen molar-refractivity contribution in [2.24, 2.45) is 0 Å². The van der Waals surface area contributed by atoms with Crippen LogP contribution >= 0.6 is 0 Å². The van der Waals surface area contributed by atoms with E-state index >= 15 is 0 Å². The van der Waals surface area contributed by atoms with E-state index in [2.05, 4.69) is 16.4 Å². The van der Waals surface area contributed by atoms with Crippen LogP contribution in [-0.4, -0.2) is 25.2 Å². The minimum Gasteiger partial charge on any atom is -0.346 e. The van der Waals surface area contributed by atoms with Crippen molar-refractivity contribution in [2.45, 2.75) is 12.8 Å². The van der Waals surface area contributed by atoms with E-state index in [0.717, 1.165) is 17.7 Å². The molecule has 0 atom stereocenters. The maximum Gasteiger partial charge on any atom is 0.185 e. The Labute approximate surface area is 83.2 Å².